The molecule has 1 atom stereocenters. The lowest BCUT2D eigenvalue weighted by Gasteiger charge is -2.13. The molecule has 0 aliphatic heterocycles. The van der Waals surface area contributed by atoms with Gasteiger partial charge in [-0.3, -0.25) is 5.10 Å². The maximum Gasteiger partial charge on any atom is 0.0650 e. The lowest BCUT2D eigenvalue weighted by molar-refractivity contribution is 0.760. The van der Waals surface area contributed by atoms with Gasteiger partial charge < -0.3 is 0 Å². The number of nitrogens with one attached hydrogen (secondary N) is 1. The van der Waals surface area contributed by atoms with Crippen molar-refractivity contribution in [3.8, 4) is 0 Å². The average molecular weight is 304 g/mol. The van der Waals surface area contributed by atoms with E-state index in [1.807, 2.05) is 6.20 Å². The van der Waals surface area contributed by atoms with Gasteiger partial charge in [0, 0.05) is 5.39 Å². The highest BCUT2D eigenvalue weighted by atomic mass is 15.1. The van der Waals surface area contributed by atoms with Crippen molar-refractivity contribution in [2.45, 2.75) is 33.1 Å². The van der Waals surface area contributed by atoms with Crippen LogP contribution in [0.3, 0.4) is 0 Å². The molecular weight excluding hydrogens is 280 g/mol. The largest absolute Gasteiger partial charge is 0.278 e. The number of nitrogens with zero attached hydrogens (tertiary/aromatic N) is 1. The molecular formula is C21H24N2. The molecule has 0 aliphatic rings. The van der Waals surface area contributed by atoms with Gasteiger partial charge in [0.05, 0.1) is 11.7 Å². The minimum absolute atomic E-state index is 0.485. The van der Waals surface area contributed by atoms with Crippen LogP contribution >= 0.6 is 0 Å². The molecule has 1 unspecified atom stereocenters. The summed E-state index contributed by atoms with van der Waals surface area (Å²) in [5.41, 5.74) is 5.13. The summed E-state index contributed by atoms with van der Waals surface area (Å²) >= 11 is 0. The molecule has 0 spiro atoms. The van der Waals surface area contributed by atoms with Crippen molar-refractivity contribution in [2.24, 2.45) is 5.92 Å². The molecule has 0 amide bonds. The fourth-order valence-electron chi connectivity index (χ4n) is 2.87. The van der Waals surface area contributed by atoms with Crippen LogP contribution in [0.4, 0.5) is 0 Å². The first kappa shape index (κ1) is 15.5. The Morgan fingerprint density at radius 2 is 1.96 bits per heavy atom. The Bertz CT molecular complexity index is 811. The van der Waals surface area contributed by atoms with E-state index in [4.69, 9.17) is 0 Å². The summed E-state index contributed by atoms with van der Waals surface area (Å²) in [7, 11) is 0. The fraction of sp³-hybridized carbons (Fsp3) is 0.286. The highest BCUT2D eigenvalue weighted by molar-refractivity contribution is 5.78. The zero-order valence-corrected chi connectivity index (χ0v) is 14.1. The molecule has 3 aromatic rings. The van der Waals surface area contributed by atoms with Crippen molar-refractivity contribution in [3.63, 3.8) is 0 Å². The summed E-state index contributed by atoms with van der Waals surface area (Å²) in [5.74, 6) is 1.07. The van der Waals surface area contributed by atoms with E-state index in [0.29, 0.717) is 11.8 Å². The zero-order valence-electron chi connectivity index (χ0n) is 14.1. The van der Waals surface area contributed by atoms with Gasteiger partial charge in [0.15, 0.2) is 0 Å². The summed E-state index contributed by atoms with van der Waals surface area (Å²) in [4.78, 5) is 0. The Hall–Kier alpha value is -2.35. The molecule has 3 rings (SSSR count). The number of benzene rings is 2. The first-order chi connectivity index (χ1) is 11.1. The van der Waals surface area contributed by atoms with Gasteiger partial charge in [-0.25, -0.2) is 0 Å². The van der Waals surface area contributed by atoms with Crippen LogP contribution in [0.1, 0.15) is 43.4 Å². The van der Waals surface area contributed by atoms with Crippen LogP contribution in [0.15, 0.2) is 54.7 Å². The molecule has 0 fully saturated rings. The third-order valence-corrected chi connectivity index (χ3v) is 4.20. The molecule has 1 N–H and O–H groups in total. The zero-order chi connectivity index (χ0) is 16.2. The molecule has 0 saturated carbocycles. The minimum Gasteiger partial charge on any atom is -0.278 e. The second-order valence-corrected chi connectivity index (χ2v) is 6.67. The van der Waals surface area contributed by atoms with E-state index in [1.54, 1.807) is 0 Å². The van der Waals surface area contributed by atoms with Crippen LogP contribution in [0.25, 0.3) is 17.0 Å². The Balaban J connectivity index is 1.76. The van der Waals surface area contributed by atoms with Crippen molar-refractivity contribution < 1.29 is 0 Å². The number of allylic oxidation sites excluding steroid dienone is 1. The maximum absolute atomic E-state index is 4.10. The minimum atomic E-state index is 0.485. The molecule has 0 bridgehead atoms. The van der Waals surface area contributed by atoms with Crippen molar-refractivity contribution in [3.05, 3.63) is 71.4 Å². The van der Waals surface area contributed by atoms with E-state index in [-0.39, 0.29) is 0 Å². The Labute approximate surface area is 138 Å². The quantitative estimate of drug-likeness (QED) is 0.655. The second kappa shape index (κ2) is 6.82. The van der Waals surface area contributed by atoms with Gasteiger partial charge in [0.1, 0.15) is 0 Å². The lowest BCUT2D eigenvalue weighted by Crippen LogP contribution is -1.98. The SMILES string of the molecule is CC(C)/C=C/c1cccc(CC(C)c2ccc3[nH]ncc3c2)c1. The summed E-state index contributed by atoms with van der Waals surface area (Å²) in [6.07, 6.45) is 7.40. The normalized spacial score (nSPS) is 13.2. The van der Waals surface area contributed by atoms with E-state index in [2.05, 4.69) is 85.6 Å². The molecule has 0 saturated heterocycles. The summed E-state index contributed by atoms with van der Waals surface area (Å²) in [5, 5.41) is 8.29. The van der Waals surface area contributed by atoms with Gasteiger partial charge in [0.2, 0.25) is 0 Å². The predicted octanol–water partition coefficient (Wildman–Crippen LogP) is 5.58. The van der Waals surface area contributed by atoms with E-state index >= 15 is 0 Å². The van der Waals surface area contributed by atoms with Crippen molar-refractivity contribution >= 4 is 17.0 Å². The predicted molar refractivity (Wildman–Crippen MR) is 98.5 cm³/mol. The van der Waals surface area contributed by atoms with Crippen molar-refractivity contribution in [2.75, 3.05) is 0 Å². The van der Waals surface area contributed by atoms with Crippen molar-refractivity contribution in [1.82, 2.24) is 10.2 Å². The molecule has 0 aliphatic carbocycles. The van der Waals surface area contributed by atoms with E-state index in [9.17, 15) is 0 Å². The number of H-pyrrole nitrogens is 1. The van der Waals surface area contributed by atoms with Gasteiger partial charge in [-0.1, -0.05) is 63.3 Å². The van der Waals surface area contributed by atoms with Crippen LogP contribution in [0, 0.1) is 5.92 Å². The Morgan fingerprint density at radius 1 is 1.09 bits per heavy atom. The fourth-order valence-corrected chi connectivity index (χ4v) is 2.87. The van der Waals surface area contributed by atoms with Crippen LogP contribution in [0.2, 0.25) is 0 Å². The molecule has 118 valence electrons. The Morgan fingerprint density at radius 3 is 2.78 bits per heavy atom. The summed E-state index contributed by atoms with van der Waals surface area (Å²) in [6.45, 7) is 6.70. The van der Waals surface area contributed by atoms with Gasteiger partial charge in [-0.15, -0.1) is 0 Å². The van der Waals surface area contributed by atoms with Crippen molar-refractivity contribution in [1.29, 1.82) is 0 Å². The van der Waals surface area contributed by atoms with Crippen LogP contribution in [-0.4, -0.2) is 10.2 Å². The monoisotopic (exact) mass is 304 g/mol. The van der Waals surface area contributed by atoms with E-state index in [0.717, 1.165) is 11.9 Å². The smallest absolute Gasteiger partial charge is 0.0650 e. The third kappa shape index (κ3) is 3.89. The van der Waals surface area contributed by atoms with Gasteiger partial charge in [-0.2, -0.15) is 5.10 Å². The first-order valence-electron chi connectivity index (χ1n) is 8.32. The molecule has 1 aromatic heterocycles. The average Bonchev–Trinajstić information content (AvgIpc) is 3.00. The highest BCUT2D eigenvalue weighted by Crippen LogP contribution is 2.24. The first-order valence-corrected chi connectivity index (χ1v) is 8.32. The number of rotatable bonds is 5. The number of hydrogen-bond acceptors (Lipinski definition) is 1. The molecule has 0 radical (unpaired) electrons. The number of fused-ring (bicyclic) bond motifs is 1. The number of aromatic amines is 1. The second-order valence-electron chi connectivity index (χ2n) is 6.67. The highest BCUT2D eigenvalue weighted by Gasteiger charge is 2.08. The van der Waals surface area contributed by atoms with E-state index < -0.39 is 0 Å². The molecule has 23 heavy (non-hydrogen) atoms. The number of hydrogen-bond donors (Lipinski definition) is 1. The lowest BCUT2D eigenvalue weighted by atomic mass is 9.92. The summed E-state index contributed by atoms with van der Waals surface area (Å²) < 4.78 is 0. The molecule has 2 heteroatoms. The van der Waals surface area contributed by atoms with E-state index in [1.165, 1.54) is 22.1 Å². The van der Waals surface area contributed by atoms with Gasteiger partial charge in [0.25, 0.3) is 0 Å². The third-order valence-electron chi connectivity index (χ3n) is 4.20. The van der Waals surface area contributed by atoms with Crippen LogP contribution < -0.4 is 0 Å². The maximum atomic E-state index is 4.10. The van der Waals surface area contributed by atoms with Crippen LogP contribution in [0.5, 0.6) is 0 Å². The standard InChI is InChI=1S/C21H24N2/c1-15(2)7-8-17-5-4-6-18(12-17)11-16(3)19-9-10-21-20(13-19)14-22-23-21/h4-10,12-16H,11H2,1-3H3,(H,22,23)/b8-7+. The molecule has 2 aromatic carbocycles. The molecule has 2 nitrogen and oxygen atoms in total. The summed E-state index contributed by atoms with van der Waals surface area (Å²) in [6, 6.07) is 15.4. The number of aromatic nitrogens is 2. The van der Waals surface area contributed by atoms with Crippen LogP contribution in [-0.2, 0) is 6.42 Å². The van der Waals surface area contributed by atoms with Gasteiger partial charge in [-0.05, 0) is 47.1 Å². The Kier molecular flexibility index (Phi) is 4.61. The topological polar surface area (TPSA) is 28.7 Å². The molecule has 1 heterocycles. The van der Waals surface area contributed by atoms with Gasteiger partial charge >= 0.3 is 0 Å².